The zero-order valence-corrected chi connectivity index (χ0v) is 36.7. The molecule has 0 aliphatic heterocycles. The molecule has 4 aromatic heterocycles. The van der Waals surface area contributed by atoms with Gasteiger partial charge in [-0.05, 0) is 94.5 Å². The summed E-state index contributed by atoms with van der Waals surface area (Å²) >= 11 is 0. The fourth-order valence-corrected chi connectivity index (χ4v) is 9.65. The number of aromatic nitrogens is 5. The van der Waals surface area contributed by atoms with Crippen molar-refractivity contribution in [2.45, 2.75) is 0 Å². The Balaban J connectivity index is 1.05. The molecule has 318 valence electrons. The van der Waals surface area contributed by atoms with Crippen molar-refractivity contribution in [3.8, 4) is 84.5 Å². The molecule has 6 heteroatoms. The maximum absolute atomic E-state index is 6.83. The lowest BCUT2D eigenvalue weighted by Gasteiger charge is -2.15. The third-order valence-electron chi connectivity index (χ3n) is 12.9. The number of nitrogens with zero attached hydrogens (tertiary/aromatic N) is 5. The van der Waals surface area contributed by atoms with Gasteiger partial charge in [0.2, 0.25) is 0 Å². The van der Waals surface area contributed by atoms with Gasteiger partial charge in [0.25, 0.3) is 0 Å². The van der Waals surface area contributed by atoms with Crippen LogP contribution in [0.2, 0.25) is 0 Å². The first-order valence-electron chi connectivity index (χ1n) is 22.8. The highest BCUT2D eigenvalue weighted by molar-refractivity contribution is 6.24. The lowest BCUT2D eigenvalue weighted by Crippen LogP contribution is -2.02. The number of benzene rings is 9. The Bertz CT molecular complexity index is 3880. The van der Waals surface area contributed by atoms with E-state index in [-0.39, 0.29) is 0 Å². The van der Waals surface area contributed by atoms with Crippen LogP contribution in [0.1, 0.15) is 0 Å². The van der Waals surface area contributed by atoms with Crippen LogP contribution in [0.3, 0.4) is 0 Å². The average molecular weight is 870 g/mol. The van der Waals surface area contributed by atoms with Gasteiger partial charge >= 0.3 is 0 Å². The molecule has 0 atom stereocenters. The summed E-state index contributed by atoms with van der Waals surface area (Å²) in [5.74, 6) is 1.67. The van der Waals surface area contributed by atoms with Crippen LogP contribution in [-0.2, 0) is 0 Å². The van der Waals surface area contributed by atoms with Gasteiger partial charge in [0.1, 0.15) is 11.2 Å². The summed E-state index contributed by atoms with van der Waals surface area (Å²) in [7, 11) is 0. The van der Waals surface area contributed by atoms with Crippen LogP contribution in [0, 0.1) is 0 Å². The van der Waals surface area contributed by atoms with Crippen LogP contribution in [0.4, 0.5) is 0 Å². The summed E-state index contributed by atoms with van der Waals surface area (Å²) in [6.45, 7) is 0. The van der Waals surface area contributed by atoms with Gasteiger partial charge in [-0.2, -0.15) is 0 Å². The minimum atomic E-state index is 0.517. The maximum Gasteiger partial charge on any atom is 0.166 e. The van der Waals surface area contributed by atoms with Gasteiger partial charge in [0.05, 0.1) is 22.1 Å². The molecule has 0 radical (unpaired) electrons. The average Bonchev–Trinajstić information content (AvgIpc) is 3.97. The molecule has 13 aromatic rings. The topological polar surface area (TPSA) is 69.6 Å². The second-order valence-corrected chi connectivity index (χ2v) is 17.0. The molecule has 0 N–H and O–H groups in total. The third kappa shape index (κ3) is 6.82. The molecule has 0 saturated heterocycles. The lowest BCUT2D eigenvalue weighted by molar-refractivity contribution is 0.669. The van der Waals surface area contributed by atoms with E-state index in [9.17, 15) is 0 Å². The summed E-state index contributed by atoms with van der Waals surface area (Å²) < 4.78 is 9.19. The highest BCUT2D eigenvalue weighted by Crippen LogP contribution is 2.43. The molecule has 0 fully saturated rings. The molecular formula is C62H39N5O. The van der Waals surface area contributed by atoms with Crippen molar-refractivity contribution < 1.29 is 4.42 Å². The number of furan rings is 1. The van der Waals surface area contributed by atoms with Crippen molar-refractivity contribution in [3.63, 3.8) is 0 Å². The summed E-state index contributed by atoms with van der Waals surface area (Å²) in [4.78, 5) is 20.9. The van der Waals surface area contributed by atoms with Gasteiger partial charge in [0.15, 0.2) is 17.5 Å². The number of hydrogen-bond donors (Lipinski definition) is 0. The fourth-order valence-electron chi connectivity index (χ4n) is 9.65. The van der Waals surface area contributed by atoms with Gasteiger partial charge in [-0.3, -0.25) is 4.98 Å². The summed E-state index contributed by atoms with van der Waals surface area (Å²) in [6, 6.07) is 80.1. The predicted molar refractivity (Wildman–Crippen MR) is 277 cm³/mol. The molecule has 0 spiro atoms. The van der Waals surface area contributed by atoms with Gasteiger partial charge in [0, 0.05) is 55.9 Å². The molecule has 6 nitrogen and oxygen atoms in total. The molecule has 0 unspecified atom stereocenters. The number of fused-ring (bicyclic) bond motifs is 7. The van der Waals surface area contributed by atoms with Gasteiger partial charge in [-0.25, -0.2) is 15.0 Å². The van der Waals surface area contributed by atoms with Crippen molar-refractivity contribution in [3.05, 3.63) is 237 Å². The van der Waals surface area contributed by atoms with E-state index in [2.05, 4.69) is 174 Å². The first kappa shape index (κ1) is 39.1. The molecule has 68 heavy (non-hydrogen) atoms. The Morgan fingerprint density at radius 2 is 0.853 bits per heavy atom. The van der Waals surface area contributed by atoms with Gasteiger partial charge in [-0.1, -0.05) is 164 Å². The second kappa shape index (κ2) is 16.3. The Hall–Kier alpha value is -9.26. The summed E-state index contributed by atoms with van der Waals surface area (Å²) in [6.07, 6.45) is 1.97. The minimum Gasteiger partial charge on any atom is -0.456 e. The van der Waals surface area contributed by atoms with E-state index >= 15 is 0 Å². The first-order valence-corrected chi connectivity index (χ1v) is 22.8. The van der Waals surface area contributed by atoms with E-state index in [0.29, 0.717) is 17.5 Å². The fraction of sp³-hybridized carbons (Fsp3) is 0. The second-order valence-electron chi connectivity index (χ2n) is 17.0. The first-order chi connectivity index (χ1) is 33.7. The van der Waals surface area contributed by atoms with E-state index in [1.54, 1.807) is 0 Å². The highest BCUT2D eigenvalue weighted by Gasteiger charge is 2.22. The normalized spacial score (nSPS) is 11.5. The quantitative estimate of drug-likeness (QED) is 0.152. The van der Waals surface area contributed by atoms with E-state index in [1.165, 1.54) is 10.8 Å². The van der Waals surface area contributed by atoms with E-state index in [4.69, 9.17) is 24.4 Å². The molecular weight excluding hydrogens is 831 g/mol. The Morgan fingerprint density at radius 1 is 0.338 bits per heavy atom. The van der Waals surface area contributed by atoms with Crippen LogP contribution in [0.15, 0.2) is 241 Å². The zero-order valence-electron chi connectivity index (χ0n) is 36.7. The molecule has 0 aliphatic carbocycles. The SMILES string of the molecule is c1ccc(-c2cc(-c3ccccc3)cc(-c3cnc(-c4ccc5c(c4)oc4ccc6c7ccccc7n(-c7ccccc7)c6c45)c(-c4nc(-c5ccccc5)nc(-c5ccccc5)n4)c3)c2)cc1. The van der Waals surface area contributed by atoms with E-state index in [1.807, 2.05) is 66.9 Å². The van der Waals surface area contributed by atoms with Crippen LogP contribution in [-0.4, -0.2) is 24.5 Å². The number of pyridine rings is 1. The van der Waals surface area contributed by atoms with Crippen LogP contribution >= 0.6 is 0 Å². The van der Waals surface area contributed by atoms with E-state index < -0.39 is 0 Å². The molecule has 0 aliphatic rings. The Kier molecular flexibility index (Phi) is 9.39. The Morgan fingerprint density at radius 3 is 1.47 bits per heavy atom. The number of rotatable bonds is 8. The summed E-state index contributed by atoms with van der Waals surface area (Å²) in [5.41, 5.74) is 15.6. The lowest BCUT2D eigenvalue weighted by atomic mass is 9.92. The summed E-state index contributed by atoms with van der Waals surface area (Å²) in [5, 5.41) is 4.46. The van der Waals surface area contributed by atoms with Gasteiger partial charge < -0.3 is 8.98 Å². The monoisotopic (exact) mass is 869 g/mol. The maximum atomic E-state index is 6.83. The van der Waals surface area contributed by atoms with Crippen molar-refractivity contribution in [2.75, 3.05) is 0 Å². The molecule has 13 rings (SSSR count). The van der Waals surface area contributed by atoms with E-state index in [0.717, 1.165) is 100.0 Å². The third-order valence-corrected chi connectivity index (χ3v) is 12.9. The molecule has 9 aromatic carbocycles. The molecule has 4 heterocycles. The van der Waals surface area contributed by atoms with Crippen LogP contribution < -0.4 is 0 Å². The number of para-hydroxylation sites is 2. The Labute approximate surface area is 392 Å². The molecule has 0 bridgehead atoms. The largest absolute Gasteiger partial charge is 0.456 e. The van der Waals surface area contributed by atoms with Crippen molar-refractivity contribution in [2.24, 2.45) is 0 Å². The standard InChI is InChI=1S/C62H39N5O/c1-6-18-40(19-7-1)45-34-46(41-20-8-2-9-21-41)36-47(35-45)48-37-53(62-65-60(42-22-10-3-11-23-42)64-61(66-62)43-24-12-4-13-25-43)58(63-39-48)44-30-31-52-56(38-44)68-55-33-32-51-50-28-16-17-29-54(50)67(59(51)57(52)55)49-26-14-5-15-27-49/h1-39H. The van der Waals surface area contributed by atoms with Crippen LogP contribution in [0.25, 0.3) is 128 Å². The minimum absolute atomic E-state index is 0.517. The van der Waals surface area contributed by atoms with Gasteiger partial charge in [-0.15, -0.1) is 0 Å². The smallest absolute Gasteiger partial charge is 0.166 e. The predicted octanol–water partition coefficient (Wildman–Crippen LogP) is 15.9. The van der Waals surface area contributed by atoms with Crippen molar-refractivity contribution in [1.29, 1.82) is 0 Å². The molecule has 0 amide bonds. The number of hydrogen-bond acceptors (Lipinski definition) is 5. The van der Waals surface area contributed by atoms with Crippen molar-refractivity contribution >= 4 is 43.7 Å². The van der Waals surface area contributed by atoms with Crippen LogP contribution in [0.5, 0.6) is 0 Å². The van der Waals surface area contributed by atoms with Crippen molar-refractivity contribution in [1.82, 2.24) is 24.5 Å². The molecule has 0 saturated carbocycles. The highest BCUT2D eigenvalue weighted by atomic mass is 16.3. The zero-order chi connectivity index (χ0) is 45.0.